The number of carbonyl (C=O) groups excluding carboxylic acids is 2. The number of ketones is 1. The van der Waals surface area contributed by atoms with Crippen molar-refractivity contribution in [2.24, 2.45) is 11.8 Å². The largest absolute Gasteiger partial charge is 0.465 e. The molecule has 1 aromatic carbocycles. The fourth-order valence-corrected chi connectivity index (χ4v) is 3.94. The first-order valence-corrected chi connectivity index (χ1v) is 8.74. The zero-order valence-corrected chi connectivity index (χ0v) is 14.8. The van der Waals surface area contributed by atoms with Gasteiger partial charge in [-0.3, -0.25) is 9.59 Å². The van der Waals surface area contributed by atoms with E-state index in [-0.39, 0.29) is 17.7 Å². The van der Waals surface area contributed by atoms with Crippen molar-refractivity contribution in [2.75, 3.05) is 6.61 Å². The Balaban J connectivity index is 2.38. The second kappa shape index (κ2) is 7.76. The van der Waals surface area contributed by atoms with Crippen LogP contribution < -0.4 is 0 Å². The van der Waals surface area contributed by atoms with Gasteiger partial charge in [-0.1, -0.05) is 37.0 Å². The Hall–Kier alpha value is -1.64. The number of aryl methyl sites for hydroxylation is 3. The molecule has 0 bridgehead atoms. The van der Waals surface area contributed by atoms with Crippen molar-refractivity contribution in [3.8, 4) is 0 Å². The van der Waals surface area contributed by atoms with Gasteiger partial charge in [-0.2, -0.15) is 0 Å². The second-order valence-electron chi connectivity index (χ2n) is 6.77. The number of hydrogen-bond acceptors (Lipinski definition) is 3. The average Bonchev–Trinajstić information content (AvgIpc) is 2.47. The summed E-state index contributed by atoms with van der Waals surface area (Å²) in [4.78, 5) is 25.7. The van der Waals surface area contributed by atoms with E-state index in [9.17, 15) is 9.59 Å². The lowest BCUT2D eigenvalue weighted by Gasteiger charge is -2.28. The van der Waals surface area contributed by atoms with Crippen LogP contribution in [0, 0.1) is 32.6 Å². The van der Waals surface area contributed by atoms with Gasteiger partial charge in [-0.05, 0) is 57.6 Å². The Morgan fingerprint density at radius 2 is 1.65 bits per heavy atom. The molecule has 0 heterocycles. The van der Waals surface area contributed by atoms with Gasteiger partial charge in [-0.15, -0.1) is 0 Å². The molecule has 126 valence electrons. The van der Waals surface area contributed by atoms with Crippen LogP contribution in [0.3, 0.4) is 0 Å². The molecule has 0 aromatic heterocycles. The predicted octanol–water partition coefficient (Wildman–Crippen LogP) is 4.55. The van der Waals surface area contributed by atoms with Crippen molar-refractivity contribution in [1.29, 1.82) is 0 Å². The van der Waals surface area contributed by atoms with Gasteiger partial charge in [-0.25, -0.2) is 0 Å². The van der Waals surface area contributed by atoms with E-state index in [4.69, 9.17) is 4.74 Å². The fourth-order valence-electron chi connectivity index (χ4n) is 3.94. The molecule has 1 aliphatic carbocycles. The molecular formula is C20H28O3. The molecule has 0 N–H and O–H groups in total. The van der Waals surface area contributed by atoms with Gasteiger partial charge < -0.3 is 4.74 Å². The molecule has 0 aliphatic heterocycles. The number of ether oxygens (including phenoxy) is 1. The average molecular weight is 316 g/mol. The molecular weight excluding hydrogens is 288 g/mol. The maximum absolute atomic E-state index is 13.2. The summed E-state index contributed by atoms with van der Waals surface area (Å²) in [7, 11) is 0. The topological polar surface area (TPSA) is 43.4 Å². The van der Waals surface area contributed by atoms with Gasteiger partial charge in [0.25, 0.3) is 0 Å². The molecule has 3 nitrogen and oxygen atoms in total. The van der Waals surface area contributed by atoms with E-state index in [2.05, 4.69) is 0 Å². The van der Waals surface area contributed by atoms with Gasteiger partial charge >= 0.3 is 5.97 Å². The van der Waals surface area contributed by atoms with Crippen molar-refractivity contribution >= 4 is 11.8 Å². The van der Waals surface area contributed by atoms with Crippen molar-refractivity contribution in [3.05, 3.63) is 34.4 Å². The standard InChI is InChI=1S/C20H28O3/c1-5-23-20(22)18(16-9-7-6-8-10-16)19(21)17-14(3)11-13(2)12-15(17)4/h11-12,16,18H,5-10H2,1-4H3. The summed E-state index contributed by atoms with van der Waals surface area (Å²) in [5.41, 5.74) is 3.76. The van der Waals surface area contributed by atoms with Gasteiger partial charge in [0.1, 0.15) is 5.92 Å². The van der Waals surface area contributed by atoms with Crippen molar-refractivity contribution < 1.29 is 14.3 Å². The van der Waals surface area contributed by atoms with E-state index in [1.807, 2.05) is 32.9 Å². The van der Waals surface area contributed by atoms with Crippen LogP contribution in [-0.4, -0.2) is 18.4 Å². The van der Waals surface area contributed by atoms with Crippen LogP contribution in [0.2, 0.25) is 0 Å². The van der Waals surface area contributed by atoms with Crippen LogP contribution >= 0.6 is 0 Å². The molecule has 0 saturated heterocycles. The van der Waals surface area contributed by atoms with Crippen LogP contribution in [-0.2, 0) is 9.53 Å². The van der Waals surface area contributed by atoms with Crippen molar-refractivity contribution in [3.63, 3.8) is 0 Å². The van der Waals surface area contributed by atoms with Crippen molar-refractivity contribution in [1.82, 2.24) is 0 Å². The molecule has 1 aromatic rings. The van der Waals surface area contributed by atoms with Gasteiger partial charge in [0, 0.05) is 5.56 Å². The number of esters is 1. The van der Waals surface area contributed by atoms with E-state index in [1.54, 1.807) is 6.92 Å². The van der Waals surface area contributed by atoms with Gasteiger partial charge in [0.05, 0.1) is 6.61 Å². The van der Waals surface area contributed by atoms with Crippen LogP contribution in [0.4, 0.5) is 0 Å². The highest BCUT2D eigenvalue weighted by Crippen LogP contribution is 2.34. The zero-order valence-electron chi connectivity index (χ0n) is 14.8. The Labute approximate surface area is 139 Å². The molecule has 0 amide bonds. The summed E-state index contributed by atoms with van der Waals surface area (Å²) >= 11 is 0. The number of Topliss-reactive ketones (excluding diaryl/α,β-unsaturated/α-hetero) is 1. The SMILES string of the molecule is CCOC(=O)C(C(=O)c1c(C)cc(C)cc1C)C1CCCCC1. The van der Waals surface area contributed by atoms with Crippen LogP contribution in [0.25, 0.3) is 0 Å². The van der Waals surface area contributed by atoms with Crippen LogP contribution in [0.15, 0.2) is 12.1 Å². The van der Waals surface area contributed by atoms with E-state index < -0.39 is 5.92 Å². The smallest absolute Gasteiger partial charge is 0.317 e. The van der Waals surface area contributed by atoms with E-state index in [0.717, 1.165) is 42.4 Å². The lowest BCUT2D eigenvalue weighted by Crippen LogP contribution is -2.35. The highest BCUT2D eigenvalue weighted by molar-refractivity contribution is 6.10. The predicted molar refractivity (Wildman–Crippen MR) is 91.7 cm³/mol. The highest BCUT2D eigenvalue weighted by Gasteiger charge is 2.38. The second-order valence-corrected chi connectivity index (χ2v) is 6.77. The molecule has 1 fully saturated rings. The highest BCUT2D eigenvalue weighted by atomic mass is 16.5. The summed E-state index contributed by atoms with van der Waals surface area (Å²) < 4.78 is 5.24. The van der Waals surface area contributed by atoms with E-state index >= 15 is 0 Å². The van der Waals surface area contributed by atoms with E-state index in [1.165, 1.54) is 6.42 Å². The molecule has 2 rings (SSSR count). The fraction of sp³-hybridized carbons (Fsp3) is 0.600. The summed E-state index contributed by atoms with van der Waals surface area (Å²) in [6, 6.07) is 4.03. The first-order chi connectivity index (χ1) is 11.0. The molecule has 23 heavy (non-hydrogen) atoms. The van der Waals surface area contributed by atoms with Crippen molar-refractivity contribution in [2.45, 2.75) is 59.8 Å². The quantitative estimate of drug-likeness (QED) is 0.454. The summed E-state index contributed by atoms with van der Waals surface area (Å²) in [5.74, 6) is -0.917. The third-order valence-electron chi connectivity index (χ3n) is 4.87. The Morgan fingerprint density at radius 1 is 1.09 bits per heavy atom. The molecule has 1 saturated carbocycles. The summed E-state index contributed by atoms with van der Waals surface area (Å²) in [6.45, 7) is 8.05. The molecule has 3 heteroatoms. The van der Waals surface area contributed by atoms with E-state index in [0.29, 0.717) is 12.2 Å². The molecule has 1 unspecified atom stereocenters. The lowest BCUT2D eigenvalue weighted by molar-refractivity contribution is -0.148. The minimum Gasteiger partial charge on any atom is -0.465 e. The summed E-state index contributed by atoms with van der Waals surface area (Å²) in [6.07, 6.45) is 5.28. The van der Waals surface area contributed by atoms with Gasteiger partial charge in [0.2, 0.25) is 0 Å². The first kappa shape index (κ1) is 17.7. The van der Waals surface area contributed by atoms with Gasteiger partial charge in [0.15, 0.2) is 5.78 Å². The first-order valence-electron chi connectivity index (χ1n) is 8.74. The maximum atomic E-state index is 13.2. The summed E-state index contributed by atoms with van der Waals surface area (Å²) in [5, 5.41) is 0. The number of benzene rings is 1. The molecule has 0 radical (unpaired) electrons. The van der Waals surface area contributed by atoms with Crippen LogP contribution in [0.1, 0.15) is 66.1 Å². The Kier molecular flexibility index (Phi) is 5.97. The zero-order chi connectivity index (χ0) is 17.0. The Bertz CT molecular complexity index is 560. The minimum absolute atomic E-state index is 0.0506. The molecule has 1 atom stereocenters. The lowest BCUT2D eigenvalue weighted by atomic mass is 9.75. The molecule has 0 spiro atoms. The maximum Gasteiger partial charge on any atom is 0.317 e. The normalized spacial score (nSPS) is 16.9. The number of carbonyl (C=O) groups is 2. The van der Waals surface area contributed by atoms with Crippen LogP contribution in [0.5, 0.6) is 0 Å². The third kappa shape index (κ3) is 4.01. The Morgan fingerprint density at radius 3 is 2.17 bits per heavy atom. The number of rotatable bonds is 5. The molecule has 1 aliphatic rings. The minimum atomic E-state index is -0.643. The monoisotopic (exact) mass is 316 g/mol. The number of hydrogen-bond donors (Lipinski definition) is 0. The third-order valence-corrected chi connectivity index (χ3v) is 4.87.